The third kappa shape index (κ3) is 6.90. The molecule has 4 N–H and O–H groups in total. The van der Waals surface area contributed by atoms with Crippen LogP contribution in [-0.4, -0.2) is 51.4 Å². The van der Waals surface area contributed by atoms with Gasteiger partial charge in [-0.25, -0.2) is 18.2 Å². The Morgan fingerprint density at radius 2 is 1.88 bits per heavy atom. The topological polar surface area (TPSA) is 156 Å². The Bertz CT molecular complexity index is 1710. The number of carbonyl (C=O) groups is 3. The van der Waals surface area contributed by atoms with Crippen molar-refractivity contribution in [3.63, 3.8) is 0 Å². The van der Waals surface area contributed by atoms with Gasteiger partial charge in [-0.15, -0.1) is 11.3 Å². The molecule has 11 nitrogen and oxygen atoms in total. The molecule has 2 aromatic heterocycles. The Balaban J connectivity index is 1.22. The van der Waals surface area contributed by atoms with Crippen molar-refractivity contribution in [3.05, 3.63) is 70.6 Å². The molecule has 214 valence electrons. The van der Waals surface area contributed by atoms with E-state index in [2.05, 4.69) is 25.7 Å². The molecule has 41 heavy (non-hydrogen) atoms. The molecule has 5 rings (SSSR count). The summed E-state index contributed by atoms with van der Waals surface area (Å²) in [7, 11) is -2.67. The minimum absolute atomic E-state index is 0.0188. The molecule has 0 aliphatic carbocycles. The van der Waals surface area contributed by atoms with E-state index in [0.717, 1.165) is 37.3 Å². The van der Waals surface area contributed by atoms with Crippen LogP contribution in [0, 0.1) is 5.92 Å². The maximum atomic E-state index is 13.1. The van der Waals surface area contributed by atoms with Gasteiger partial charge in [0.2, 0.25) is 5.91 Å². The van der Waals surface area contributed by atoms with Crippen molar-refractivity contribution in [3.8, 4) is 0 Å². The summed E-state index contributed by atoms with van der Waals surface area (Å²) in [5.74, 6) is -1.04. The van der Waals surface area contributed by atoms with Crippen LogP contribution in [0.5, 0.6) is 0 Å². The van der Waals surface area contributed by atoms with Gasteiger partial charge in [-0.05, 0) is 67.9 Å². The number of hydrogen-bond acceptors (Lipinski definition) is 10. The lowest BCUT2D eigenvalue weighted by molar-refractivity contribution is -0.120. The van der Waals surface area contributed by atoms with E-state index in [9.17, 15) is 22.8 Å². The van der Waals surface area contributed by atoms with Crippen LogP contribution in [0.2, 0.25) is 0 Å². The summed E-state index contributed by atoms with van der Waals surface area (Å²) >= 11 is 2.20. The van der Waals surface area contributed by atoms with Crippen LogP contribution in [0.3, 0.4) is 0 Å². The highest BCUT2D eigenvalue weighted by molar-refractivity contribution is 7.94. The third-order valence-electron chi connectivity index (χ3n) is 6.48. The lowest BCUT2D eigenvalue weighted by Gasteiger charge is -2.20. The zero-order valence-corrected chi connectivity index (χ0v) is 24.4. The number of ether oxygens (including phenoxy) is 1. The number of fused-ring (bicyclic) bond motifs is 1. The predicted molar refractivity (Wildman–Crippen MR) is 158 cm³/mol. The fourth-order valence-corrected chi connectivity index (χ4v) is 7.44. The number of thiazole rings is 1. The van der Waals surface area contributed by atoms with Crippen LogP contribution < -0.4 is 20.7 Å². The minimum atomic E-state index is -3.96. The maximum Gasteiger partial charge on any atom is 0.337 e. The molecule has 0 saturated carbocycles. The van der Waals surface area contributed by atoms with Crippen molar-refractivity contribution >= 4 is 71.5 Å². The Labute approximate surface area is 244 Å². The van der Waals surface area contributed by atoms with Crippen molar-refractivity contribution < 1.29 is 27.5 Å². The Morgan fingerprint density at radius 1 is 1.07 bits per heavy atom. The first-order valence-corrected chi connectivity index (χ1v) is 15.9. The lowest BCUT2D eigenvalue weighted by Crippen LogP contribution is -2.34. The van der Waals surface area contributed by atoms with E-state index in [-0.39, 0.29) is 28.1 Å². The second-order valence-electron chi connectivity index (χ2n) is 9.35. The highest BCUT2D eigenvalue weighted by Gasteiger charge is 2.23. The zero-order chi connectivity index (χ0) is 29.0. The first-order valence-electron chi connectivity index (χ1n) is 12.7. The van der Waals surface area contributed by atoms with Gasteiger partial charge in [0.05, 0.1) is 34.1 Å². The number of nitrogens with zero attached hydrogens (tertiary/aromatic N) is 1. The van der Waals surface area contributed by atoms with Crippen LogP contribution in [0.25, 0.3) is 10.2 Å². The number of piperidine rings is 1. The zero-order valence-electron chi connectivity index (χ0n) is 21.9. The number of carbonyl (C=O) groups excluding carboxylic acids is 3. The number of esters is 1. The second-order valence-corrected chi connectivity index (χ2v) is 13.2. The number of aromatic nitrogens is 1. The number of methoxy groups -OCH3 is 1. The Hall–Kier alpha value is -3.85. The van der Waals surface area contributed by atoms with Crippen molar-refractivity contribution in [2.45, 2.75) is 23.6 Å². The molecule has 1 saturated heterocycles. The van der Waals surface area contributed by atoms with Gasteiger partial charge in [-0.1, -0.05) is 23.5 Å². The van der Waals surface area contributed by atoms with Crippen molar-refractivity contribution in [2.75, 3.05) is 30.2 Å². The minimum Gasteiger partial charge on any atom is -0.465 e. The first-order chi connectivity index (χ1) is 19.7. The van der Waals surface area contributed by atoms with Gasteiger partial charge in [0.25, 0.3) is 15.9 Å². The highest BCUT2D eigenvalue weighted by Crippen LogP contribution is 2.31. The molecule has 1 fully saturated rings. The first kappa shape index (κ1) is 28.7. The SMILES string of the molecule is COC(=O)c1cccc(CNC(=O)c2csc(S(=O)(=O)Nc3ccc4nc(NC(=O)C5CCNCC5)sc4c3)c2)c1. The summed E-state index contributed by atoms with van der Waals surface area (Å²) in [6.45, 7) is 1.77. The van der Waals surface area contributed by atoms with Crippen LogP contribution in [-0.2, 0) is 26.1 Å². The van der Waals surface area contributed by atoms with Gasteiger partial charge < -0.3 is 20.7 Å². The number of nitrogens with one attached hydrogen (secondary N) is 4. The van der Waals surface area contributed by atoms with E-state index in [1.54, 1.807) is 42.5 Å². The van der Waals surface area contributed by atoms with E-state index in [0.29, 0.717) is 32.2 Å². The number of benzene rings is 2. The average Bonchev–Trinajstić information content (AvgIpc) is 3.64. The van der Waals surface area contributed by atoms with Crippen LogP contribution in [0.4, 0.5) is 10.8 Å². The van der Waals surface area contributed by atoms with Gasteiger partial charge in [0.15, 0.2) is 5.13 Å². The Morgan fingerprint density at radius 3 is 2.66 bits per heavy atom. The van der Waals surface area contributed by atoms with Crippen molar-refractivity contribution in [1.82, 2.24) is 15.6 Å². The molecule has 14 heteroatoms. The van der Waals surface area contributed by atoms with E-state index in [1.807, 2.05) is 0 Å². The predicted octanol–water partition coefficient (Wildman–Crippen LogP) is 3.81. The molecule has 0 unspecified atom stereocenters. The molecule has 0 radical (unpaired) electrons. The van der Waals surface area contributed by atoms with E-state index in [4.69, 9.17) is 4.74 Å². The van der Waals surface area contributed by atoms with Crippen molar-refractivity contribution in [2.24, 2.45) is 5.92 Å². The molecule has 3 heterocycles. The number of amides is 2. The summed E-state index contributed by atoms with van der Waals surface area (Å²) in [6, 6.07) is 12.9. The van der Waals surface area contributed by atoms with Gasteiger partial charge in [-0.3, -0.25) is 14.3 Å². The number of anilines is 2. The summed E-state index contributed by atoms with van der Waals surface area (Å²) in [6.07, 6.45) is 1.55. The number of rotatable bonds is 9. The summed E-state index contributed by atoms with van der Waals surface area (Å²) in [5, 5.41) is 10.8. The summed E-state index contributed by atoms with van der Waals surface area (Å²) < 4.78 is 34.1. The van der Waals surface area contributed by atoms with Gasteiger partial charge >= 0.3 is 5.97 Å². The molecule has 0 bridgehead atoms. The normalized spacial score (nSPS) is 14.0. The molecule has 4 aromatic rings. The molecular formula is C27H27N5O6S3. The van der Waals surface area contributed by atoms with Crippen LogP contribution in [0.15, 0.2) is 58.1 Å². The number of thiophene rings is 1. The van der Waals surface area contributed by atoms with Gasteiger partial charge in [0.1, 0.15) is 4.21 Å². The molecular weight excluding hydrogens is 587 g/mol. The molecule has 0 atom stereocenters. The van der Waals surface area contributed by atoms with E-state index >= 15 is 0 Å². The van der Waals surface area contributed by atoms with E-state index < -0.39 is 21.9 Å². The monoisotopic (exact) mass is 613 g/mol. The standard InChI is InChI=1S/C27H27N5O6S3/c1-38-26(35)18-4-2-3-16(11-18)14-29-24(33)19-12-23(39-15-19)41(36,37)32-20-5-6-21-22(13-20)40-27(30-21)31-25(34)17-7-9-28-10-8-17/h2-6,11-13,15,17,28,32H,7-10,14H2,1H3,(H,29,33)(H,30,31,34). The number of hydrogen-bond donors (Lipinski definition) is 4. The van der Waals surface area contributed by atoms with Crippen molar-refractivity contribution in [1.29, 1.82) is 0 Å². The fraction of sp³-hybridized carbons (Fsp3) is 0.259. The van der Waals surface area contributed by atoms with Crippen LogP contribution in [0.1, 0.15) is 39.1 Å². The fourth-order valence-electron chi connectivity index (χ4n) is 4.33. The third-order valence-corrected chi connectivity index (χ3v) is 10.2. The summed E-state index contributed by atoms with van der Waals surface area (Å²) in [4.78, 5) is 41.4. The Kier molecular flexibility index (Phi) is 8.63. The van der Waals surface area contributed by atoms with Gasteiger partial charge in [0, 0.05) is 17.8 Å². The average molecular weight is 614 g/mol. The lowest BCUT2D eigenvalue weighted by atomic mass is 9.97. The second kappa shape index (κ2) is 12.3. The number of sulfonamides is 1. The molecule has 0 spiro atoms. The van der Waals surface area contributed by atoms with Gasteiger partial charge in [-0.2, -0.15) is 0 Å². The molecule has 1 aliphatic heterocycles. The molecule has 2 amide bonds. The van der Waals surface area contributed by atoms with E-state index in [1.165, 1.54) is 29.9 Å². The largest absolute Gasteiger partial charge is 0.465 e. The highest BCUT2D eigenvalue weighted by atomic mass is 32.2. The maximum absolute atomic E-state index is 13.1. The molecule has 1 aliphatic rings. The van der Waals surface area contributed by atoms with Crippen LogP contribution >= 0.6 is 22.7 Å². The summed E-state index contributed by atoms with van der Waals surface area (Å²) in [5.41, 5.74) is 2.24. The quantitative estimate of drug-likeness (QED) is 0.208. The smallest absolute Gasteiger partial charge is 0.337 e. The molecule has 2 aromatic carbocycles.